The smallest absolute Gasteiger partial charge is 0.310 e. The van der Waals surface area contributed by atoms with E-state index >= 15 is 0 Å². The summed E-state index contributed by atoms with van der Waals surface area (Å²) in [6.07, 6.45) is 2.79. The van der Waals surface area contributed by atoms with Gasteiger partial charge in [-0.05, 0) is 25.7 Å². The fourth-order valence-corrected chi connectivity index (χ4v) is 1.96. The third kappa shape index (κ3) is 4.36. The molecule has 0 aliphatic heterocycles. The highest BCUT2D eigenvalue weighted by atomic mass is 16.4. The van der Waals surface area contributed by atoms with Gasteiger partial charge in [0.05, 0.1) is 5.41 Å². The molecule has 0 aromatic rings. The van der Waals surface area contributed by atoms with Crippen molar-refractivity contribution in [3.8, 4) is 0 Å². The molecule has 0 bridgehead atoms. The molecular formula is C13H25NO3. The highest BCUT2D eigenvalue weighted by Gasteiger charge is 2.37. The molecule has 2 N–H and O–H groups in total. The van der Waals surface area contributed by atoms with Crippen LogP contribution in [0.3, 0.4) is 0 Å². The molecule has 0 spiro atoms. The summed E-state index contributed by atoms with van der Waals surface area (Å²) in [6, 6.07) is 0.155. The summed E-state index contributed by atoms with van der Waals surface area (Å²) < 4.78 is 0. The monoisotopic (exact) mass is 243 g/mol. The lowest BCUT2D eigenvalue weighted by Gasteiger charge is -2.27. The third-order valence-corrected chi connectivity index (χ3v) is 3.66. The lowest BCUT2D eigenvalue weighted by atomic mass is 9.79. The van der Waals surface area contributed by atoms with Crippen LogP contribution in [0.1, 0.15) is 59.8 Å². The molecule has 0 aliphatic rings. The van der Waals surface area contributed by atoms with Crippen LogP contribution >= 0.6 is 0 Å². The number of hydrogen-bond donors (Lipinski definition) is 2. The van der Waals surface area contributed by atoms with Crippen LogP contribution in [0, 0.1) is 5.41 Å². The number of rotatable bonds is 8. The third-order valence-electron chi connectivity index (χ3n) is 3.66. The normalized spacial score (nSPS) is 11.6. The fourth-order valence-electron chi connectivity index (χ4n) is 1.96. The summed E-state index contributed by atoms with van der Waals surface area (Å²) in [6.45, 7) is 7.67. The zero-order valence-electron chi connectivity index (χ0n) is 11.4. The van der Waals surface area contributed by atoms with Crippen molar-refractivity contribution in [1.29, 1.82) is 0 Å². The van der Waals surface area contributed by atoms with Crippen LogP contribution in [0.4, 0.5) is 0 Å². The van der Waals surface area contributed by atoms with E-state index in [1.807, 2.05) is 27.7 Å². The predicted molar refractivity (Wildman–Crippen MR) is 67.8 cm³/mol. The maximum atomic E-state index is 11.8. The molecule has 0 aromatic heterocycles. The average Bonchev–Trinajstić information content (AvgIpc) is 2.32. The second-order valence-corrected chi connectivity index (χ2v) is 4.55. The Balaban J connectivity index is 4.57. The second kappa shape index (κ2) is 7.30. The van der Waals surface area contributed by atoms with Crippen molar-refractivity contribution in [1.82, 2.24) is 5.32 Å². The van der Waals surface area contributed by atoms with Gasteiger partial charge in [-0.25, -0.2) is 0 Å². The summed E-state index contributed by atoms with van der Waals surface area (Å²) in [5.41, 5.74) is -0.907. The van der Waals surface area contributed by atoms with Crippen molar-refractivity contribution in [2.75, 3.05) is 0 Å². The van der Waals surface area contributed by atoms with Gasteiger partial charge < -0.3 is 10.4 Å². The molecule has 0 aliphatic carbocycles. The molecule has 0 radical (unpaired) electrons. The molecule has 0 saturated heterocycles. The van der Waals surface area contributed by atoms with Gasteiger partial charge in [0.1, 0.15) is 0 Å². The largest absolute Gasteiger partial charge is 0.481 e. The molecule has 0 heterocycles. The number of hydrogen-bond acceptors (Lipinski definition) is 2. The van der Waals surface area contributed by atoms with Gasteiger partial charge in [0.2, 0.25) is 5.91 Å². The molecule has 0 atom stereocenters. The minimum atomic E-state index is -0.907. The van der Waals surface area contributed by atoms with E-state index in [0.717, 1.165) is 12.8 Å². The van der Waals surface area contributed by atoms with Crippen LogP contribution in [-0.2, 0) is 9.59 Å². The Morgan fingerprint density at radius 2 is 1.59 bits per heavy atom. The topological polar surface area (TPSA) is 66.4 Å². The first-order valence-corrected chi connectivity index (χ1v) is 6.48. The van der Waals surface area contributed by atoms with Crippen molar-refractivity contribution < 1.29 is 14.7 Å². The molecule has 100 valence electrons. The summed E-state index contributed by atoms with van der Waals surface area (Å²) in [7, 11) is 0. The zero-order valence-corrected chi connectivity index (χ0v) is 11.4. The Morgan fingerprint density at radius 1 is 1.12 bits per heavy atom. The summed E-state index contributed by atoms with van der Waals surface area (Å²) >= 11 is 0. The van der Waals surface area contributed by atoms with Gasteiger partial charge in [0.25, 0.3) is 0 Å². The van der Waals surface area contributed by atoms with Crippen molar-refractivity contribution >= 4 is 11.9 Å². The average molecular weight is 243 g/mol. The first kappa shape index (κ1) is 15.9. The van der Waals surface area contributed by atoms with Gasteiger partial charge in [-0.15, -0.1) is 0 Å². The van der Waals surface area contributed by atoms with Crippen LogP contribution in [0.25, 0.3) is 0 Å². The van der Waals surface area contributed by atoms with E-state index in [2.05, 4.69) is 5.32 Å². The number of carboxylic acids is 1. The lowest BCUT2D eigenvalue weighted by molar-refractivity contribution is -0.152. The fraction of sp³-hybridized carbons (Fsp3) is 0.846. The van der Waals surface area contributed by atoms with Gasteiger partial charge >= 0.3 is 5.97 Å². The lowest BCUT2D eigenvalue weighted by Crippen LogP contribution is -2.40. The Labute approximate surface area is 104 Å². The van der Waals surface area contributed by atoms with Gasteiger partial charge in [-0.2, -0.15) is 0 Å². The van der Waals surface area contributed by atoms with Crippen LogP contribution < -0.4 is 5.32 Å². The number of nitrogens with one attached hydrogen (secondary N) is 1. The first-order chi connectivity index (χ1) is 7.95. The van der Waals surface area contributed by atoms with Crippen molar-refractivity contribution in [3.63, 3.8) is 0 Å². The summed E-state index contributed by atoms with van der Waals surface area (Å²) in [4.78, 5) is 23.1. The Morgan fingerprint density at radius 3 is 1.88 bits per heavy atom. The SMILES string of the molecule is CCC(CC)NC(=O)CC(CC)(CC)C(=O)O. The maximum Gasteiger partial charge on any atom is 0.310 e. The Hall–Kier alpha value is -1.06. The first-order valence-electron chi connectivity index (χ1n) is 6.48. The van der Waals surface area contributed by atoms with Crippen molar-refractivity contribution in [3.05, 3.63) is 0 Å². The number of aliphatic carboxylic acids is 1. The molecule has 0 saturated carbocycles. The molecule has 4 nitrogen and oxygen atoms in total. The molecule has 17 heavy (non-hydrogen) atoms. The van der Waals surface area contributed by atoms with Crippen molar-refractivity contribution in [2.24, 2.45) is 5.41 Å². The Kier molecular flexibility index (Phi) is 6.85. The predicted octanol–water partition coefficient (Wildman–Crippen LogP) is 2.57. The minimum Gasteiger partial charge on any atom is -0.481 e. The van der Waals surface area contributed by atoms with E-state index in [1.54, 1.807) is 0 Å². The van der Waals surface area contributed by atoms with Gasteiger partial charge in [0, 0.05) is 12.5 Å². The maximum absolute atomic E-state index is 11.8. The van der Waals surface area contributed by atoms with E-state index in [9.17, 15) is 14.7 Å². The van der Waals surface area contributed by atoms with E-state index < -0.39 is 11.4 Å². The molecule has 1 amide bonds. The zero-order chi connectivity index (χ0) is 13.5. The van der Waals surface area contributed by atoms with Gasteiger partial charge in [-0.1, -0.05) is 27.7 Å². The number of amides is 1. The summed E-state index contributed by atoms with van der Waals surface area (Å²) in [5, 5.41) is 12.1. The number of carbonyl (C=O) groups excluding carboxylic acids is 1. The number of carbonyl (C=O) groups is 2. The minimum absolute atomic E-state index is 0.0752. The van der Waals surface area contributed by atoms with Crippen LogP contribution in [0.2, 0.25) is 0 Å². The summed E-state index contributed by atoms with van der Waals surface area (Å²) in [5.74, 6) is -1.02. The molecule has 0 unspecified atom stereocenters. The molecule has 0 rings (SSSR count). The van der Waals surface area contributed by atoms with E-state index in [4.69, 9.17) is 0 Å². The highest BCUT2D eigenvalue weighted by molar-refractivity contribution is 5.85. The molecule has 0 fully saturated rings. The van der Waals surface area contributed by atoms with Gasteiger partial charge in [0.15, 0.2) is 0 Å². The van der Waals surface area contributed by atoms with E-state index in [-0.39, 0.29) is 18.4 Å². The Bertz CT molecular complexity index is 255. The van der Waals surface area contributed by atoms with Gasteiger partial charge in [-0.3, -0.25) is 9.59 Å². The molecule has 4 heteroatoms. The van der Waals surface area contributed by atoms with Crippen LogP contribution in [-0.4, -0.2) is 23.0 Å². The van der Waals surface area contributed by atoms with E-state index in [0.29, 0.717) is 12.8 Å². The molecular weight excluding hydrogens is 218 g/mol. The van der Waals surface area contributed by atoms with Crippen LogP contribution in [0.5, 0.6) is 0 Å². The highest BCUT2D eigenvalue weighted by Crippen LogP contribution is 2.30. The number of carboxylic acid groups (broad SMARTS) is 1. The van der Waals surface area contributed by atoms with Crippen LogP contribution in [0.15, 0.2) is 0 Å². The quantitative estimate of drug-likeness (QED) is 0.688. The molecule has 0 aromatic carbocycles. The second-order valence-electron chi connectivity index (χ2n) is 4.55. The standard InChI is InChI=1S/C13H25NO3/c1-5-10(6-2)14-11(15)9-13(7-3,8-4)12(16)17/h10H,5-9H2,1-4H3,(H,14,15)(H,16,17). The van der Waals surface area contributed by atoms with E-state index in [1.165, 1.54) is 0 Å². The van der Waals surface area contributed by atoms with Crippen molar-refractivity contribution in [2.45, 2.75) is 65.8 Å².